The van der Waals surface area contributed by atoms with E-state index in [1.807, 2.05) is 0 Å². The summed E-state index contributed by atoms with van der Waals surface area (Å²) in [6, 6.07) is 0. The van der Waals surface area contributed by atoms with Crippen LogP contribution in [0.2, 0.25) is 0 Å². The van der Waals surface area contributed by atoms with Crippen LogP contribution < -0.4 is 0 Å². The maximum absolute atomic E-state index is 12.1. The fourth-order valence-electron chi connectivity index (χ4n) is 0.993. The minimum atomic E-state index is -3.51. The zero-order valence-electron chi connectivity index (χ0n) is 9.97. The molecule has 92 valence electrons. The van der Waals surface area contributed by atoms with E-state index >= 15 is 0 Å². The SMILES string of the molecule is COCC(O)P(=O)(OC(C)C)OC(C)C. The van der Waals surface area contributed by atoms with Gasteiger partial charge in [0.25, 0.3) is 0 Å². The highest BCUT2D eigenvalue weighted by Gasteiger charge is 2.36. The lowest BCUT2D eigenvalue weighted by molar-refractivity contribution is 0.0595. The van der Waals surface area contributed by atoms with E-state index in [-0.39, 0.29) is 18.8 Å². The Hall–Kier alpha value is 0.0700. The van der Waals surface area contributed by atoms with Gasteiger partial charge in [-0.15, -0.1) is 0 Å². The van der Waals surface area contributed by atoms with Gasteiger partial charge in [-0.25, -0.2) is 0 Å². The van der Waals surface area contributed by atoms with Crippen LogP contribution in [-0.4, -0.2) is 36.9 Å². The summed E-state index contributed by atoms with van der Waals surface area (Å²) in [5, 5.41) is 9.63. The van der Waals surface area contributed by atoms with E-state index in [4.69, 9.17) is 13.8 Å². The van der Waals surface area contributed by atoms with Crippen LogP contribution in [0.3, 0.4) is 0 Å². The first-order valence-corrected chi connectivity index (χ1v) is 6.56. The smallest absolute Gasteiger partial charge is 0.361 e. The quantitative estimate of drug-likeness (QED) is 0.689. The third-order valence-electron chi connectivity index (χ3n) is 1.40. The van der Waals surface area contributed by atoms with Gasteiger partial charge in [0.05, 0.1) is 18.8 Å². The molecule has 0 aromatic rings. The predicted octanol–water partition coefficient (Wildman–Crippen LogP) is 1.99. The topological polar surface area (TPSA) is 65.0 Å². The van der Waals surface area contributed by atoms with Crippen molar-refractivity contribution in [3.05, 3.63) is 0 Å². The molecule has 0 spiro atoms. The number of methoxy groups -OCH3 is 1. The van der Waals surface area contributed by atoms with Crippen molar-refractivity contribution in [1.29, 1.82) is 0 Å². The molecule has 0 saturated carbocycles. The molecule has 15 heavy (non-hydrogen) atoms. The fourth-order valence-corrected chi connectivity index (χ4v) is 2.83. The summed E-state index contributed by atoms with van der Waals surface area (Å²) < 4.78 is 27.2. The lowest BCUT2D eigenvalue weighted by Gasteiger charge is -2.26. The molecule has 0 fully saturated rings. The Labute approximate surface area is 91.3 Å². The van der Waals surface area contributed by atoms with Crippen LogP contribution in [0.1, 0.15) is 27.7 Å². The van der Waals surface area contributed by atoms with Crippen LogP contribution >= 0.6 is 7.60 Å². The lowest BCUT2D eigenvalue weighted by atomic mass is 10.5. The van der Waals surface area contributed by atoms with Gasteiger partial charge < -0.3 is 18.9 Å². The first-order valence-electron chi connectivity index (χ1n) is 4.95. The van der Waals surface area contributed by atoms with Gasteiger partial charge in [-0.3, -0.25) is 4.57 Å². The van der Waals surface area contributed by atoms with Crippen molar-refractivity contribution in [2.75, 3.05) is 13.7 Å². The number of rotatable bonds is 7. The Morgan fingerprint density at radius 1 is 1.13 bits per heavy atom. The summed E-state index contributed by atoms with van der Waals surface area (Å²) in [5.74, 6) is -1.24. The second kappa shape index (κ2) is 6.61. The Bertz CT molecular complexity index is 203. The third-order valence-corrected chi connectivity index (χ3v) is 3.71. The molecule has 1 atom stereocenters. The van der Waals surface area contributed by atoms with E-state index in [1.165, 1.54) is 7.11 Å². The molecule has 0 aliphatic carbocycles. The van der Waals surface area contributed by atoms with Crippen LogP contribution in [0.4, 0.5) is 0 Å². The fraction of sp³-hybridized carbons (Fsp3) is 1.00. The van der Waals surface area contributed by atoms with E-state index < -0.39 is 13.4 Å². The number of ether oxygens (including phenoxy) is 1. The predicted molar refractivity (Wildman–Crippen MR) is 57.9 cm³/mol. The molecule has 0 radical (unpaired) electrons. The third kappa shape index (κ3) is 5.64. The highest BCUT2D eigenvalue weighted by molar-refractivity contribution is 7.54. The summed E-state index contributed by atoms with van der Waals surface area (Å²) in [5.41, 5.74) is 0. The Balaban J connectivity index is 4.60. The van der Waals surface area contributed by atoms with Gasteiger partial charge in [0, 0.05) is 7.11 Å². The molecule has 1 N–H and O–H groups in total. The largest absolute Gasteiger partial charge is 0.381 e. The van der Waals surface area contributed by atoms with Crippen molar-refractivity contribution in [2.45, 2.75) is 45.7 Å². The highest BCUT2D eigenvalue weighted by atomic mass is 31.2. The van der Waals surface area contributed by atoms with Gasteiger partial charge in [-0.2, -0.15) is 0 Å². The van der Waals surface area contributed by atoms with Crippen molar-refractivity contribution in [1.82, 2.24) is 0 Å². The molecule has 0 bridgehead atoms. The van der Waals surface area contributed by atoms with Gasteiger partial charge in [0.15, 0.2) is 5.85 Å². The van der Waals surface area contributed by atoms with Crippen molar-refractivity contribution in [3.63, 3.8) is 0 Å². The standard InChI is InChI=1S/C9H21O5P/c1-7(2)13-15(11,14-8(3)4)9(10)6-12-5/h7-10H,6H2,1-5H3. The highest BCUT2D eigenvalue weighted by Crippen LogP contribution is 2.54. The average Bonchev–Trinajstić information content (AvgIpc) is 2.01. The van der Waals surface area contributed by atoms with Crippen LogP contribution in [0.15, 0.2) is 0 Å². The van der Waals surface area contributed by atoms with Gasteiger partial charge in [0.2, 0.25) is 0 Å². The number of hydrogen-bond acceptors (Lipinski definition) is 5. The Morgan fingerprint density at radius 3 is 1.80 bits per heavy atom. The molecular formula is C9H21O5P. The monoisotopic (exact) mass is 240 g/mol. The number of hydrogen-bond donors (Lipinski definition) is 1. The van der Waals surface area contributed by atoms with E-state index in [0.29, 0.717) is 0 Å². The molecule has 0 rings (SSSR count). The van der Waals surface area contributed by atoms with E-state index in [0.717, 1.165) is 0 Å². The van der Waals surface area contributed by atoms with Crippen LogP contribution in [0.25, 0.3) is 0 Å². The summed E-state index contributed by atoms with van der Waals surface area (Å²) in [4.78, 5) is 0. The molecule has 6 heteroatoms. The normalized spacial score (nSPS) is 14.9. The van der Waals surface area contributed by atoms with E-state index in [2.05, 4.69) is 0 Å². The number of aliphatic hydroxyl groups is 1. The van der Waals surface area contributed by atoms with Crippen molar-refractivity contribution >= 4 is 7.60 Å². The summed E-state index contributed by atoms with van der Waals surface area (Å²) >= 11 is 0. The zero-order chi connectivity index (χ0) is 12.1. The van der Waals surface area contributed by atoms with Gasteiger partial charge in [0.1, 0.15) is 0 Å². The molecule has 1 unspecified atom stereocenters. The molecule has 0 aliphatic heterocycles. The molecule has 5 nitrogen and oxygen atoms in total. The van der Waals surface area contributed by atoms with E-state index in [9.17, 15) is 9.67 Å². The second-order valence-corrected chi connectivity index (χ2v) is 5.88. The van der Waals surface area contributed by atoms with Gasteiger partial charge in [-0.1, -0.05) is 0 Å². The lowest BCUT2D eigenvalue weighted by Crippen LogP contribution is -2.21. The second-order valence-electron chi connectivity index (χ2n) is 3.78. The first kappa shape index (κ1) is 15.1. The molecule has 0 aliphatic rings. The zero-order valence-corrected chi connectivity index (χ0v) is 10.9. The van der Waals surface area contributed by atoms with Crippen molar-refractivity contribution in [2.24, 2.45) is 0 Å². The van der Waals surface area contributed by atoms with E-state index in [1.54, 1.807) is 27.7 Å². The summed E-state index contributed by atoms with van der Waals surface area (Å²) in [7, 11) is -2.09. The molecule has 0 aromatic carbocycles. The van der Waals surface area contributed by atoms with Crippen LogP contribution in [0.5, 0.6) is 0 Å². The maximum Gasteiger partial charge on any atom is 0.361 e. The van der Waals surface area contributed by atoms with Crippen LogP contribution in [-0.2, 0) is 18.3 Å². The van der Waals surface area contributed by atoms with Crippen molar-refractivity contribution < 1.29 is 23.5 Å². The molecular weight excluding hydrogens is 219 g/mol. The molecule has 0 amide bonds. The Kier molecular flexibility index (Phi) is 6.64. The summed E-state index contributed by atoms with van der Waals surface area (Å²) in [6.45, 7) is 6.86. The van der Waals surface area contributed by atoms with Crippen molar-refractivity contribution in [3.8, 4) is 0 Å². The summed E-state index contributed by atoms with van der Waals surface area (Å²) in [6.07, 6.45) is -0.554. The molecule has 0 aromatic heterocycles. The minimum absolute atomic E-state index is 0.0727. The average molecular weight is 240 g/mol. The minimum Gasteiger partial charge on any atom is -0.381 e. The maximum atomic E-state index is 12.1. The molecule has 0 saturated heterocycles. The van der Waals surface area contributed by atoms with Gasteiger partial charge in [-0.05, 0) is 27.7 Å². The first-order chi connectivity index (χ1) is 6.81. The molecule has 0 heterocycles. The van der Waals surface area contributed by atoms with Gasteiger partial charge >= 0.3 is 7.60 Å². The number of aliphatic hydroxyl groups excluding tert-OH is 1. The van der Waals surface area contributed by atoms with Crippen LogP contribution in [0, 0.1) is 0 Å². The Morgan fingerprint density at radius 2 is 1.53 bits per heavy atom.